The number of hydrogen-bond donors (Lipinski definition) is 1. The molecule has 0 unspecified atom stereocenters. The van der Waals surface area contributed by atoms with E-state index in [0.717, 1.165) is 16.9 Å². The van der Waals surface area contributed by atoms with Crippen molar-refractivity contribution in [1.82, 2.24) is 29.4 Å². The van der Waals surface area contributed by atoms with E-state index in [9.17, 15) is 4.79 Å². The first-order valence-corrected chi connectivity index (χ1v) is 8.14. The highest BCUT2D eigenvalue weighted by Crippen LogP contribution is 2.28. The van der Waals surface area contributed by atoms with Gasteiger partial charge in [0.25, 0.3) is 11.3 Å². The number of fused-ring (bicyclic) bond motifs is 1. The molecule has 1 N–H and O–H groups in total. The van der Waals surface area contributed by atoms with Gasteiger partial charge in [0, 0.05) is 11.1 Å². The van der Waals surface area contributed by atoms with Gasteiger partial charge in [0.05, 0.1) is 23.3 Å². The van der Waals surface area contributed by atoms with Gasteiger partial charge < -0.3 is 0 Å². The Morgan fingerprint density at radius 1 is 1.16 bits per heavy atom. The van der Waals surface area contributed by atoms with Crippen LogP contribution in [0.1, 0.15) is 31.0 Å². The number of aromatic nitrogens is 6. The van der Waals surface area contributed by atoms with Crippen molar-refractivity contribution in [3.05, 3.63) is 64.5 Å². The van der Waals surface area contributed by atoms with Crippen molar-refractivity contribution >= 4 is 5.78 Å². The van der Waals surface area contributed by atoms with Gasteiger partial charge in [-0.3, -0.25) is 9.89 Å². The summed E-state index contributed by atoms with van der Waals surface area (Å²) in [7, 11) is 0. The van der Waals surface area contributed by atoms with Crippen LogP contribution in [0.4, 0.5) is 0 Å². The third-order valence-corrected chi connectivity index (χ3v) is 4.31. The normalized spacial score (nSPS) is 11.5. The Morgan fingerprint density at radius 3 is 2.64 bits per heavy atom. The predicted octanol–water partition coefficient (Wildman–Crippen LogP) is 2.70. The summed E-state index contributed by atoms with van der Waals surface area (Å²) >= 11 is 0. The fraction of sp³-hybridized carbons (Fsp3) is 0.222. The maximum atomic E-state index is 12.8. The number of aromatic amines is 1. The van der Waals surface area contributed by atoms with Gasteiger partial charge in [0.15, 0.2) is 0 Å². The molecule has 0 bridgehead atoms. The summed E-state index contributed by atoms with van der Waals surface area (Å²) in [4.78, 5) is 21.6. The van der Waals surface area contributed by atoms with Gasteiger partial charge in [-0.15, -0.1) is 0 Å². The Balaban J connectivity index is 1.98. The lowest BCUT2D eigenvalue weighted by Gasteiger charge is -2.11. The average molecular weight is 334 g/mol. The van der Waals surface area contributed by atoms with E-state index in [-0.39, 0.29) is 11.5 Å². The highest BCUT2D eigenvalue weighted by molar-refractivity contribution is 5.67. The summed E-state index contributed by atoms with van der Waals surface area (Å²) in [6.45, 7) is 5.96. The monoisotopic (exact) mass is 334 g/mol. The van der Waals surface area contributed by atoms with Crippen molar-refractivity contribution in [2.45, 2.75) is 26.7 Å². The lowest BCUT2D eigenvalue weighted by Crippen LogP contribution is -2.22. The maximum Gasteiger partial charge on any atom is 0.278 e. The van der Waals surface area contributed by atoms with Gasteiger partial charge >= 0.3 is 0 Å². The first kappa shape index (κ1) is 15.3. The minimum absolute atomic E-state index is 0.0228. The second-order valence-corrected chi connectivity index (χ2v) is 6.25. The number of para-hydroxylation sites is 1. The number of H-pyrrole nitrogens is 1. The molecule has 0 fully saturated rings. The van der Waals surface area contributed by atoms with Gasteiger partial charge in [-0.05, 0) is 25.0 Å². The second kappa shape index (κ2) is 5.70. The Labute approximate surface area is 144 Å². The molecule has 126 valence electrons. The van der Waals surface area contributed by atoms with Crippen LogP contribution in [0.25, 0.3) is 22.7 Å². The molecule has 3 aromatic heterocycles. The van der Waals surface area contributed by atoms with Crippen molar-refractivity contribution in [2.24, 2.45) is 0 Å². The van der Waals surface area contributed by atoms with E-state index in [2.05, 4.69) is 20.2 Å². The number of nitrogens with zero attached hydrogens (tertiary/aromatic N) is 5. The second-order valence-electron chi connectivity index (χ2n) is 6.25. The molecule has 4 rings (SSSR count). The van der Waals surface area contributed by atoms with Crippen LogP contribution in [0.5, 0.6) is 0 Å². The van der Waals surface area contributed by atoms with Gasteiger partial charge in [-0.1, -0.05) is 32.0 Å². The van der Waals surface area contributed by atoms with Crippen LogP contribution in [0.3, 0.4) is 0 Å². The van der Waals surface area contributed by atoms with E-state index in [1.165, 1.54) is 10.8 Å². The van der Waals surface area contributed by atoms with Crippen molar-refractivity contribution in [2.75, 3.05) is 0 Å². The lowest BCUT2D eigenvalue weighted by atomic mass is 9.99. The van der Waals surface area contributed by atoms with Crippen LogP contribution in [0.15, 0.2) is 47.7 Å². The molecule has 0 spiro atoms. The first-order chi connectivity index (χ1) is 12.1. The summed E-state index contributed by atoms with van der Waals surface area (Å²) in [5, 5.41) is 7.32. The van der Waals surface area contributed by atoms with E-state index in [1.54, 1.807) is 6.20 Å². The largest absolute Gasteiger partial charge is 0.278 e. The fourth-order valence-corrected chi connectivity index (χ4v) is 3.07. The maximum absolute atomic E-state index is 12.8. The molecule has 0 saturated heterocycles. The number of hydrogen-bond acceptors (Lipinski definition) is 4. The topological polar surface area (TPSA) is 80.9 Å². The number of benzene rings is 1. The lowest BCUT2D eigenvalue weighted by molar-refractivity contribution is 0.796. The van der Waals surface area contributed by atoms with Crippen molar-refractivity contribution in [1.29, 1.82) is 0 Å². The highest BCUT2D eigenvalue weighted by atomic mass is 16.1. The van der Waals surface area contributed by atoms with Crippen LogP contribution in [0.2, 0.25) is 0 Å². The Hall–Kier alpha value is -3.22. The van der Waals surface area contributed by atoms with Crippen LogP contribution in [-0.2, 0) is 0 Å². The van der Waals surface area contributed by atoms with E-state index < -0.39 is 0 Å². The molecule has 0 radical (unpaired) electrons. The van der Waals surface area contributed by atoms with Gasteiger partial charge in [-0.25, -0.2) is 14.6 Å². The van der Waals surface area contributed by atoms with E-state index in [0.29, 0.717) is 17.0 Å². The zero-order valence-electron chi connectivity index (χ0n) is 14.3. The third-order valence-electron chi connectivity index (χ3n) is 4.31. The molecule has 1 aromatic carbocycles. The molecule has 25 heavy (non-hydrogen) atoms. The van der Waals surface area contributed by atoms with Crippen molar-refractivity contribution in [3.8, 4) is 16.9 Å². The predicted molar refractivity (Wildman–Crippen MR) is 95.0 cm³/mol. The van der Waals surface area contributed by atoms with E-state index in [1.807, 2.05) is 55.8 Å². The zero-order chi connectivity index (χ0) is 17.6. The molecule has 4 aromatic rings. The third kappa shape index (κ3) is 2.36. The molecule has 0 aliphatic heterocycles. The smallest absolute Gasteiger partial charge is 0.278 e. The molecule has 3 heterocycles. The molecule has 0 atom stereocenters. The van der Waals surface area contributed by atoms with Crippen LogP contribution >= 0.6 is 0 Å². The average Bonchev–Trinajstić information content (AvgIpc) is 3.21. The van der Waals surface area contributed by atoms with E-state index in [4.69, 9.17) is 0 Å². The van der Waals surface area contributed by atoms with Crippen molar-refractivity contribution in [3.63, 3.8) is 0 Å². The minimum Gasteiger partial charge on any atom is -0.278 e. The molecule has 0 amide bonds. The van der Waals surface area contributed by atoms with Crippen LogP contribution in [-0.4, -0.2) is 29.4 Å². The Bertz CT molecular complexity index is 1100. The van der Waals surface area contributed by atoms with Crippen molar-refractivity contribution < 1.29 is 0 Å². The Morgan fingerprint density at radius 2 is 1.92 bits per heavy atom. The Kier molecular flexibility index (Phi) is 3.49. The summed E-state index contributed by atoms with van der Waals surface area (Å²) in [6, 6.07) is 9.89. The number of nitrogens with one attached hydrogen (secondary N) is 1. The van der Waals surface area contributed by atoms with Crippen LogP contribution < -0.4 is 5.56 Å². The standard InChI is InChI=1S/C18H18N6O/c1-11(2)15-16(22-18-19-10-21-24(18)17(15)25)14-9-20-23(12(14)3)13-7-5-4-6-8-13/h4-11H,1-3H3,(H,19,21,22). The summed E-state index contributed by atoms with van der Waals surface area (Å²) < 4.78 is 3.23. The molecule has 0 saturated carbocycles. The quantitative estimate of drug-likeness (QED) is 0.624. The van der Waals surface area contributed by atoms with E-state index >= 15 is 0 Å². The molecule has 0 aliphatic rings. The highest BCUT2D eigenvalue weighted by Gasteiger charge is 2.21. The van der Waals surface area contributed by atoms with Gasteiger partial charge in [0.1, 0.15) is 6.33 Å². The molecular formula is C18H18N6O. The summed E-state index contributed by atoms with van der Waals surface area (Å²) in [5.74, 6) is 0.380. The first-order valence-electron chi connectivity index (χ1n) is 8.14. The molecule has 7 heteroatoms. The fourth-order valence-electron chi connectivity index (χ4n) is 3.07. The van der Waals surface area contributed by atoms with Gasteiger partial charge in [-0.2, -0.15) is 9.61 Å². The number of rotatable bonds is 3. The molecular weight excluding hydrogens is 316 g/mol. The SMILES string of the molecule is Cc1c(-c2nc3nc[nH]n3c(=O)c2C(C)C)cnn1-c1ccccc1. The summed E-state index contributed by atoms with van der Waals surface area (Å²) in [5.41, 5.74) is 3.91. The summed E-state index contributed by atoms with van der Waals surface area (Å²) in [6.07, 6.45) is 3.23. The minimum atomic E-state index is -0.126. The molecule has 0 aliphatic carbocycles. The molecule has 7 nitrogen and oxygen atoms in total. The van der Waals surface area contributed by atoms with Gasteiger partial charge in [0.2, 0.25) is 0 Å². The zero-order valence-corrected chi connectivity index (χ0v) is 14.3. The van der Waals surface area contributed by atoms with Crippen LogP contribution in [0, 0.1) is 6.92 Å².